The second kappa shape index (κ2) is 3.47. The topological polar surface area (TPSA) is 0 Å². The van der Waals surface area contributed by atoms with Gasteiger partial charge in [0.25, 0.3) is 0 Å². The molecule has 0 aromatic rings. The van der Waals surface area contributed by atoms with Crippen LogP contribution in [0.1, 0.15) is 34.1 Å². The molecule has 1 rings (SSSR count). The van der Waals surface area contributed by atoms with Gasteiger partial charge in [0.1, 0.15) is 0 Å². The van der Waals surface area contributed by atoms with Gasteiger partial charge in [-0.05, 0) is 23.7 Å². The molecule has 0 N–H and O–H groups in total. The molecule has 0 aromatic heterocycles. The summed E-state index contributed by atoms with van der Waals surface area (Å²) in [5.41, 5.74) is 0.325. The van der Waals surface area contributed by atoms with Crippen LogP contribution in [-0.2, 0) is 0 Å². The Morgan fingerprint density at radius 2 is 1.83 bits per heavy atom. The average Bonchev–Trinajstić information content (AvgIpc) is 1.99. The Balaban J connectivity index is 2.80. The monoisotopic (exact) mass is 164 g/mol. The highest BCUT2D eigenvalue weighted by Gasteiger charge is 2.21. The van der Waals surface area contributed by atoms with Gasteiger partial charge in [-0.3, -0.25) is 0 Å². The highest BCUT2D eigenvalue weighted by Crippen LogP contribution is 2.31. The normalized spacial score (nSPS) is 34.3. The van der Waals surface area contributed by atoms with Crippen LogP contribution < -0.4 is 0 Å². The van der Waals surface area contributed by atoms with Crippen LogP contribution >= 0.6 is 0 Å². The first kappa shape index (κ1) is 9.57. The SMILES string of the molecule is CC1C=CC(C)(C)C(C)C=CC1. The molecule has 0 fully saturated rings. The van der Waals surface area contributed by atoms with Gasteiger partial charge >= 0.3 is 0 Å². The van der Waals surface area contributed by atoms with E-state index < -0.39 is 0 Å². The van der Waals surface area contributed by atoms with Gasteiger partial charge < -0.3 is 0 Å². The first-order chi connectivity index (χ1) is 5.52. The summed E-state index contributed by atoms with van der Waals surface area (Å²) in [7, 11) is 0. The number of rotatable bonds is 0. The minimum atomic E-state index is 0.325. The van der Waals surface area contributed by atoms with Gasteiger partial charge in [-0.25, -0.2) is 0 Å². The molecule has 2 atom stereocenters. The molecule has 12 heavy (non-hydrogen) atoms. The summed E-state index contributed by atoms with van der Waals surface area (Å²) in [4.78, 5) is 0. The summed E-state index contributed by atoms with van der Waals surface area (Å²) in [6.07, 6.45) is 10.6. The summed E-state index contributed by atoms with van der Waals surface area (Å²) in [5, 5.41) is 0. The molecule has 0 aliphatic heterocycles. The van der Waals surface area contributed by atoms with Crippen molar-refractivity contribution in [1.29, 1.82) is 0 Å². The molecule has 0 radical (unpaired) electrons. The minimum absolute atomic E-state index is 0.325. The van der Waals surface area contributed by atoms with Gasteiger partial charge in [-0.1, -0.05) is 52.0 Å². The van der Waals surface area contributed by atoms with Crippen LogP contribution in [-0.4, -0.2) is 0 Å². The summed E-state index contributed by atoms with van der Waals surface area (Å²) in [6.45, 7) is 9.16. The zero-order valence-corrected chi connectivity index (χ0v) is 8.67. The molecule has 0 heteroatoms. The van der Waals surface area contributed by atoms with Crippen LogP contribution in [0.2, 0.25) is 0 Å². The Labute approximate surface area is 76.4 Å². The molecule has 0 aromatic carbocycles. The van der Waals surface area contributed by atoms with Crippen molar-refractivity contribution in [1.82, 2.24) is 0 Å². The van der Waals surface area contributed by atoms with E-state index >= 15 is 0 Å². The van der Waals surface area contributed by atoms with Crippen molar-refractivity contribution in [2.24, 2.45) is 17.3 Å². The van der Waals surface area contributed by atoms with Gasteiger partial charge in [0.05, 0.1) is 0 Å². The van der Waals surface area contributed by atoms with Crippen LogP contribution in [0.25, 0.3) is 0 Å². The molecule has 0 bridgehead atoms. The maximum atomic E-state index is 2.37. The van der Waals surface area contributed by atoms with Crippen LogP contribution in [0.5, 0.6) is 0 Å². The zero-order chi connectivity index (χ0) is 9.19. The van der Waals surface area contributed by atoms with Crippen molar-refractivity contribution in [3.8, 4) is 0 Å². The highest BCUT2D eigenvalue weighted by molar-refractivity contribution is 5.08. The Morgan fingerprint density at radius 1 is 1.17 bits per heavy atom. The molecular formula is C12H20. The summed E-state index contributed by atoms with van der Waals surface area (Å²) < 4.78 is 0. The second-order valence-corrected chi connectivity index (χ2v) is 4.61. The fourth-order valence-corrected chi connectivity index (χ4v) is 1.39. The van der Waals surface area contributed by atoms with Crippen LogP contribution in [0.4, 0.5) is 0 Å². The maximum Gasteiger partial charge on any atom is -0.0115 e. The fraction of sp³-hybridized carbons (Fsp3) is 0.667. The Morgan fingerprint density at radius 3 is 2.50 bits per heavy atom. The molecule has 2 unspecified atom stereocenters. The van der Waals surface area contributed by atoms with Crippen molar-refractivity contribution >= 4 is 0 Å². The third kappa shape index (κ3) is 2.23. The first-order valence-corrected chi connectivity index (χ1v) is 4.88. The van der Waals surface area contributed by atoms with Crippen LogP contribution in [0, 0.1) is 17.3 Å². The maximum absolute atomic E-state index is 2.37. The van der Waals surface area contributed by atoms with Crippen LogP contribution in [0.3, 0.4) is 0 Å². The van der Waals surface area contributed by atoms with E-state index in [-0.39, 0.29) is 0 Å². The van der Waals surface area contributed by atoms with E-state index in [1.807, 2.05) is 0 Å². The van der Waals surface area contributed by atoms with E-state index in [0.717, 1.165) is 0 Å². The molecule has 0 nitrogen and oxygen atoms in total. The average molecular weight is 164 g/mol. The molecule has 68 valence electrons. The van der Waals surface area contributed by atoms with Crippen molar-refractivity contribution in [3.63, 3.8) is 0 Å². The Hall–Kier alpha value is -0.520. The van der Waals surface area contributed by atoms with Gasteiger partial charge in [-0.15, -0.1) is 0 Å². The van der Waals surface area contributed by atoms with E-state index in [1.165, 1.54) is 6.42 Å². The largest absolute Gasteiger partial charge is 0.0877 e. The third-order valence-corrected chi connectivity index (χ3v) is 2.96. The molecule has 1 aliphatic rings. The van der Waals surface area contributed by atoms with E-state index in [1.54, 1.807) is 0 Å². The lowest BCUT2D eigenvalue weighted by atomic mass is 9.77. The first-order valence-electron chi connectivity index (χ1n) is 4.88. The molecule has 0 heterocycles. The van der Waals surface area contributed by atoms with Crippen molar-refractivity contribution in [3.05, 3.63) is 24.3 Å². The summed E-state index contributed by atoms with van der Waals surface area (Å²) in [5.74, 6) is 1.36. The lowest BCUT2D eigenvalue weighted by Gasteiger charge is -2.28. The predicted molar refractivity (Wildman–Crippen MR) is 55.0 cm³/mol. The zero-order valence-electron chi connectivity index (χ0n) is 8.67. The molecule has 0 amide bonds. The van der Waals surface area contributed by atoms with Gasteiger partial charge in [0, 0.05) is 0 Å². The van der Waals surface area contributed by atoms with Crippen molar-refractivity contribution in [2.75, 3.05) is 0 Å². The lowest BCUT2D eigenvalue weighted by molar-refractivity contribution is 0.362. The van der Waals surface area contributed by atoms with Gasteiger partial charge in [0.15, 0.2) is 0 Å². The van der Waals surface area contributed by atoms with Crippen molar-refractivity contribution < 1.29 is 0 Å². The number of hydrogen-bond donors (Lipinski definition) is 0. The Bertz CT molecular complexity index is 196. The minimum Gasteiger partial charge on any atom is -0.0877 e. The van der Waals surface area contributed by atoms with Gasteiger partial charge in [0.2, 0.25) is 0 Å². The quantitative estimate of drug-likeness (QED) is 0.478. The lowest BCUT2D eigenvalue weighted by Crippen LogP contribution is -2.18. The molecule has 0 saturated heterocycles. The predicted octanol–water partition coefficient (Wildman–Crippen LogP) is 3.80. The Kier molecular flexibility index (Phi) is 2.76. The smallest absolute Gasteiger partial charge is 0.0115 e. The number of allylic oxidation sites excluding steroid dienone is 4. The molecular weight excluding hydrogens is 144 g/mol. The number of hydrogen-bond acceptors (Lipinski definition) is 0. The fourth-order valence-electron chi connectivity index (χ4n) is 1.39. The van der Waals surface area contributed by atoms with Gasteiger partial charge in [-0.2, -0.15) is 0 Å². The van der Waals surface area contributed by atoms with E-state index in [9.17, 15) is 0 Å². The molecule has 0 saturated carbocycles. The third-order valence-electron chi connectivity index (χ3n) is 2.96. The highest BCUT2D eigenvalue weighted by atomic mass is 14.3. The molecule has 0 spiro atoms. The van der Waals surface area contributed by atoms with E-state index in [4.69, 9.17) is 0 Å². The van der Waals surface area contributed by atoms with E-state index in [2.05, 4.69) is 52.0 Å². The summed E-state index contributed by atoms with van der Waals surface area (Å²) in [6, 6.07) is 0. The second-order valence-electron chi connectivity index (χ2n) is 4.61. The van der Waals surface area contributed by atoms with Crippen LogP contribution in [0.15, 0.2) is 24.3 Å². The summed E-state index contributed by atoms with van der Waals surface area (Å²) >= 11 is 0. The van der Waals surface area contributed by atoms with E-state index in [0.29, 0.717) is 17.3 Å². The van der Waals surface area contributed by atoms with Crippen molar-refractivity contribution in [2.45, 2.75) is 34.1 Å². The standard InChI is InChI=1S/C12H20/c1-10-6-5-7-11(2)12(3,4)9-8-10/h5,7-11H,6H2,1-4H3. The molecule has 1 aliphatic carbocycles.